The maximum Gasteiger partial charge on any atom is 0.240 e. The second-order valence-corrected chi connectivity index (χ2v) is 8.09. The van der Waals surface area contributed by atoms with E-state index in [2.05, 4.69) is 10.0 Å². The Kier molecular flexibility index (Phi) is 5.98. The van der Waals surface area contributed by atoms with Crippen molar-refractivity contribution >= 4 is 21.6 Å². The van der Waals surface area contributed by atoms with E-state index in [9.17, 15) is 13.2 Å². The van der Waals surface area contributed by atoms with Gasteiger partial charge in [0.2, 0.25) is 15.9 Å². The van der Waals surface area contributed by atoms with E-state index in [0.717, 1.165) is 27.9 Å². The molecule has 0 aromatic heterocycles. The lowest BCUT2D eigenvalue weighted by molar-refractivity contribution is -0.116. The van der Waals surface area contributed by atoms with Crippen LogP contribution in [0, 0.1) is 27.7 Å². The maximum absolute atomic E-state index is 12.3. The number of hydrogen-bond acceptors (Lipinski definition) is 3. The van der Waals surface area contributed by atoms with Crippen LogP contribution in [0.5, 0.6) is 0 Å². The molecule has 0 aliphatic heterocycles. The summed E-state index contributed by atoms with van der Waals surface area (Å²) in [5, 5.41) is 2.79. The molecule has 0 fully saturated rings. The number of nitrogens with one attached hydrogen (secondary N) is 2. The normalized spacial score (nSPS) is 11.4. The molecule has 2 N–H and O–H groups in total. The highest BCUT2D eigenvalue weighted by Crippen LogP contribution is 2.15. The molecule has 1 amide bonds. The quantitative estimate of drug-likeness (QED) is 0.830. The van der Waals surface area contributed by atoms with Gasteiger partial charge in [-0.2, -0.15) is 0 Å². The van der Waals surface area contributed by atoms with E-state index in [0.29, 0.717) is 0 Å². The molecule has 25 heavy (non-hydrogen) atoms. The van der Waals surface area contributed by atoms with Gasteiger partial charge in [0.25, 0.3) is 0 Å². The van der Waals surface area contributed by atoms with Crippen molar-refractivity contribution in [1.82, 2.24) is 4.72 Å². The Labute approximate surface area is 149 Å². The van der Waals surface area contributed by atoms with Crippen LogP contribution in [0.15, 0.2) is 41.3 Å². The Bertz CT molecular complexity index is 869. The van der Waals surface area contributed by atoms with E-state index < -0.39 is 10.0 Å². The highest BCUT2D eigenvalue weighted by molar-refractivity contribution is 7.89. The molecule has 134 valence electrons. The summed E-state index contributed by atoms with van der Waals surface area (Å²) >= 11 is 0. The second kappa shape index (κ2) is 7.80. The van der Waals surface area contributed by atoms with Crippen LogP contribution in [0.25, 0.3) is 0 Å². The van der Waals surface area contributed by atoms with Crippen molar-refractivity contribution in [3.05, 3.63) is 58.7 Å². The van der Waals surface area contributed by atoms with Crippen LogP contribution in [-0.4, -0.2) is 20.9 Å². The van der Waals surface area contributed by atoms with Crippen molar-refractivity contribution in [2.45, 2.75) is 39.0 Å². The summed E-state index contributed by atoms with van der Waals surface area (Å²) < 4.78 is 27.0. The molecule has 2 rings (SSSR count). The molecule has 0 atom stereocenters. The van der Waals surface area contributed by atoms with Crippen molar-refractivity contribution in [3.8, 4) is 0 Å². The summed E-state index contributed by atoms with van der Waals surface area (Å²) in [6, 6.07) is 10.8. The van der Waals surface area contributed by atoms with Crippen molar-refractivity contribution < 1.29 is 13.2 Å². The second-order valence-electron chi connectivity index (χ2n) is 6.32. The summed E-state index contributed by atoms with van der Waals surface area (Å²) in [6.07, 6.45) is 0.0665. The van der Waals surface area contributed by atoms with Crippen LogP contribution in [-0.2, 0) is 14.8 Å². The van der Waals surface area contributed by atoms with Gasteiger partial charge in [0.05, 0.1) is 4.90 Å². The van der Waals surface area contributed by atoms with Crippen LogP contribution < -0.4 is 10.0 Å². The van der Waals surface area contributed by atoms with Crippen LogP contribution in [0.4, 0.5) is 5.69 Å². The fraction of sp³-hybridized carbons (Fsp3) is 0.316. The standard InChI is InChI=1S/C19H24N2O3S/c1-13-9-14(2)11-17(10-13)21-19(22)7-8-20-25(23,24)18-6-5-15(3)16(4)12-18/h5-6,9-12,20H,7-8H2,1-4H3,(H,21,22). The Morgan fingerprint density at radius 2 is 1.56 bits per heavy atom. The number of hydrogen-bond donors (Lipinski definition) is 2. The molecular weight excluding hydrogens is 336 g/mol. The van der Waals surface area contributed by atoms with Gasteiger partial charge in [0.15, 0.2) is 0 Å². The zero-order valence-electron chi connectivity index (χ0n) is 15.0. The summed E-state index contributed by atoms with van der Waals surface area (Å²) in [6.45, 7) is 7.76. The molecule has 0 saturated carbocycles. The van der Waals surface area contributed by atoms with Crippen molar-refractivity contribution in [3.63, 3.8) is 0 Å². The molecule has 0 heterocycles. The summed E-state index contributed by atoms with van der Waals surface area (Å²) in [5.41, 5.74) is 4.79. The van der Waals surface area contributed by atoms with Gasteiger partial charge in [0, 0.05) is 18.7 Å². The van der Waals surface area contributed by atoms with Gasteiger partial charge >= 0.3 is 0 Å². The van der Waals surface area contributed by atoms with Gasteiger partial charge < -0.3 is 5.32 Å². The molecule has 0 spiro atoms. The fourth-order valence-electron chi connectivity index (χ4n) is 2.53. The van der Waals surface area contributed by atoms with E-state index in [1.165, 1.54) is 0 Å². The lowest BCUT2D eigenvalue weighted by Gasteiger charge is -2.10. The number of benzene rings is 2. The molecule has 0 aliphatic rings. The van der Waals surface area contributed by atoms with E-state index in [1.807, 2.05) is 45.9 Å². The highest BCUT2D eigenvalue weighted by Gasteiger charge is 2.15. The minimum absolute atomic E-state index is 0.0475. The first-order valence-corrected chi connectivity index (χ1v) is 9.61. The van der Waals surface area contributed by atoms with Crippen molar-refractivity contribution in [1.29, 1.82) is 0 Å². The molecule has 0 saturated heterocycles. The monoisotopic (exact) mass is 360 g/mol. The third-order valence-corrected chi connectivity index (χ3v) is 5.40. The largest absolute Gasteiger partial charge is 0.326 e. The van der Waals surface area contributed by atoms with Gasteiger partial charge in [-0.25, -0.2) is 13.1 Å². The van der Waals surface area contributed by atoms with Crippen molar-refractivity contribution in [2.75, 3.05) is 11.9 Å². The van der Waals surface area contributed by atoms with E-state index in [4.69, 9.17) is 0 Å². The van der Waals surface area contributed by atoms with Gasteiger partial charge in [-0.05, 0) is 74.2 Å². The highest BCUT2D eigenvalue weighted by atomic mass is 32.2. The number of anilines is 1. The Morgan fingerprint density at radius 1 is 0.920 bits per heavy atom. The Balaban J connectivity index is 1.92. The molecule has 0 unspecified atom stereocenters. The number of carbonyl (C=O) groups excluding carboxylic acids is 1. The maximum atomic E-state index is 12.3. The smallest absolute Gasteiger partial charge is 0.240 e. The van der Waals surface area contributed by atoms with Crippen LogP contribution >= 0.6 is 0 Å². The average molecular weight is 360 g/mol. The fourth-order valence-corrected chi connectivity index (χ4v) is 3.65. The van der Waals surface area contributed by atoms with E-state index in [-0.39, 0.29) is 23.8 Å². The Morgan fingerprint density at radius 3 is 2.16 bits per heavy atom. The molecular formula is C19H24N2O3S. The summed E-state index contributed by atoms with van der Waals surface area (Å²) in [7, 11) is -3.61. The lowest BCUT2D eigenvalue weighted by atomic mass is 10.1. The number of rotatable bonds is 6. The topological polar surface area (TPSA) is 75.3 Å². The molecule has 5 nitrogen and oxygen atoms in total. The number of carbonyl (C=O) groups is 1. The van der Waals surface area contributed by atoms with E-state index in [1.54, 1.807) is 18.2 Å². The van der Waals surface area contributed by atoms with Crippen molar-refractivity contribution in [2.24, 2.45) is 0 Å². The lowest BCUT2D eigenvalue weighted by Crippen LogP contribution is -2.28. The Hall–Kier alpha value is -2.18. The molecule has 2 aromatic rings. The summed E-state index contributed by atoms with van der Waals surface area (Å²) in [5.74, 6) is -0.229. The molecule has 2 aromatic carbocycles. The molecule has 6 heteroatoms. The molecule has 0 radical (unpaired) electrons. The zero-order chi connectivity index (χ0) is 18.6. The summed E-state index contributed by atoms with van der Waals surface area (Å²) in [4.78, 5) is 12.2. The van der Waals surface area contributed by atoms with E-state index >= 15 is 0 Å². The average Bonchev–Trinajstić information content (AvgIpc) is 2.48. The minimum atomic E-state index is -3.61. The first-order valence-electron chi connectivity index (χ1n) is 8.12. The van der Waals surface area contributed by atoms with Crippen LogP contribution in [0.3, 0.4) is 0 Å². The zero-order valence-corrected chi connectivity index (χ0v) is 15.8. The molecule has 0 aliphatic carbocycles. The number of amides is 1. The predicted octanol–water partition coefficient (Wildman–Crippen LogP) is 3.23. The van der Waals surface area contributed by atoms with Crippen LogP contribution in [0.1, 0.15) is 28.7 Å². The van der Waals surface area contributed by atoms with Gasteiger partial charge in [-0.15, -0.1) is 0 Å². The van der Waals surface area contributed by atoms with Gasteiger partial charge in [0.1, 0.15) is 0 Å². The molecule has 0 bridgehead atoms. The number of aryl methyl sites for hydroxylation is 4. The number of sulfonamides is 1. The third kappa shape index (κ3) is 5.41. The predicted molar refractivity (Wildman–Crippen MR) is 100 cm³/mol. The third-order valence-electron chi connectivity index (χ3n) is 3.94. The van der Waals surface area contributed by atoms with Crippen LogP contribution in [0.2, 0.25) is 0 Å². The van der Waals surface area contributed by atoms with Gasteiger partial charge in [-0.3, -0.25) is 4.79 Å². The SMILES string of the molecule is Cc1cc(C)cc(NC(=O)CCNS(=O)(=O)c2ccc(C)c(C)c2)c1. The minimum Gasteiger partial charge on any atom is -0.326 e. The first kappa shape index (κ1) is 19.1. The first-order chi connectivity index (χ1) is 11.7. The van der Waals surface area contributed by atoms with Gasteiger partial charge in [-0.1, -0.05) is 12.1 Å².